The van der Waals surface area contributed by atoms with Crippen LogP contribution in [0.25, 0.3) is 0 Å². The summed E-state index contributed by atoms with van der Waals surface area (Å²) in [6.45, 7) is 2.24. The van der Waals surface area contributed by atoms with Crippen molar-refractivity contribution in [2.24, 2.45) is 5.73 Å². The second-order valence-electron chi connectivity index (χ2n) is 3.69. The first-order chi connectivity index (χ1) is 8.19. The minimum Gasteiger partial charge on any atom is -0.436 e. The molecule has 2 aromatic rings. The third-order valence-electron chi connectivity index (χ3n) is 2.28. The van der Waals surface area contributed by atoms with Gasteiger partial charge in [0.15, 0.2) is 11.6 Å². The molecule has 0 fully saturated rings. The maximum absolute atomic E-state index is 13.4. The lowest BCUT2D eigenvalue weighted by atomic mass is 10.2. The molecule has 0 unspecified atom stereocenters. The van der Waals surface area contributed by atoms with Crippen molar-refractivity contribution < 1.29 is 9.13 Å². The van der Waals surface area contributed by atoms with Crippen LogP contribution in [0.2, 0.25) is 0 Å². The monoisotopic (exact) mass is 232 g/mol. The first kappa shape index (κ1) is 11.5. The molecule has 1 aromatic carbocycles. The molecule has 0 aliphatic carbocycles. The van der Waals surface area contributed by atoms with Crippen molar-refractivity contribution in [3.8, 4) is 11.6 Å². The molecule has 88 valence electrons. The first-order valence-electron chi connectivity index (χ1n) is 5.29. The van der Waals surface area contributed by atoms with Gasteiger partial charge in [0, 0.05) is 18.3 Å². The van der Waals surface area contributed by atoms with Crippen LogP contribution >= 0.6 is 0 Å². The van der Waals surface area contributed by atoms with Gasteiger partial charge in [0.05, 0.1) is 0 Å². The van der Waals surface area contributed by atoms with Gasteiger partial charge in [0.25, 0.3) is 0 Å². The van der Waals surface area contributed by atoms with Crippen LogP contribution in [0.15, 0.2) is 36.4 Å². The summed E-state index contributed by atoms with van der Waals surface area (Å²) in [6.07, 6.45) is 0. The Bertz CT molecular complexity index is 529. The Labute approximate surface area is 99.1 Å². The minimum absolute atomic E-state index is 0.161. The highest BCUT2D eigenvalue weighted by atomic mass is 19.1. The number of pyridine rings is 1. The van der Waals surface area contributed by atoms with E-state index in [0.717, 1.165) is 11.3 Å². The van der Waals surface area contributed by atoms with E-state index in [1.54, 1.807) is 24.3 Å². The summed E-state index contributed by atoms with van der Waals surface area (Å²) in [5.74, 6) is 0.106. The molecular weight excluding hydrogens is 219 g/mol. The van der Waals surface area contributed by atoms with Crippen LogP contribution in [0.4, 0.5) is 4.39 Å². The van der Waals surface area contributed by atoms with Gasteiger partial charge in [0.2, 0.25) is 5.88 Å². The van der Waals surface area contributed by atoms with Crippen LogP contribution < -0.4 is 10.5 Å². The summed E-state index contributed by atoms with van der Waals surface area (Å²) in [6, 6.07) is 9.79. The van der Waals surface area contributed by atoms with Crippen LogP contribution in [-0.4, -0.2) is 4.98 Å². The summed E-state index contributed by atoms with van der Waals surface area (Å²) >= 11 is 0. The van der Waals surface area contributed by atoms with Gasteiger partial charge in [-0.2, -0.15) is 0 Å². The van der Waals surface area contributed by atoms with Gasteiger partial charge in [0.1, 0.15) is 0 Å². The summed E-state index contributed by atoms with van der Waals surface area (Å²) in [5.41, 5.74) is 7.25. The van der Waals surface area contributed by atoms with Gasteiger partial charge >= 0.3 is 0 Å². The maximum Gasteiger partial charge on any atom is 0.219 e. The molecule has 1 heterocycles. The number of hydrogen-bond donors (Lipinski definition) is 1. The van der Waals surface area contributed by atoms with E-state index >= 15 is 0 Å². The molecule has 3 nitrogen and oxygen atoms in total. The van der Waals surface area contributed by atoms with Crippen LogP contribution in [0, 0.1) is 12.7 Å². The van der Waals surface area contributed by atoms with E-state index in [1.807, 2.05) is 13.0 Å². The van der Waals surface area contributed by atoms with E-state index in [4.69, 9.17) is 10.5 Å². The highest BCUT2D eigenvalue weighted by molar-refractivity contribution is 5.31. The zero-order valence-electron chi connectivity index (χ0n) is 9.48. The van der Waals surface area contributed by atoms with Gasteiger partial charge in [-0.25, -0.2) is 9.37 Å². The standard InChI is InChI=1S/C13H13FN2O/c1-9-6-10(8-15)7-13(16-9)17-12-5-3-2-4-11(12)14/h2-7H,8,15H2,1H3. The van der Waals surface area contributed by atoms with Crippen LogP contribution in [0.1, 0.15) is 11.3 Å². The van der Waals surface area contributed by atoms with E-state index in [9.17, 15) is 4.39 Å². The molecule has 2 rings (SSSR count). The Kier molecular flexibility index (Phi) is 3.35. The van der Waals surface area contributed by atoms with Gasteiger partial charge < -0.3 is 10.5 Å². The molecular formula is C13H13FN2O. The largest absolute Gasteiger partial charge is 0.436 e. The molecule has 0 radical (unpaired) electrons. The predicted octanol–water partition coefficient (Wildman–Crippen LogP) is 2.78. The van der Waals surface area contributed by atoms with E-state index in [2.05, 4.69) is 4.98 Å². The summed E-state index contributed by atoms with van der Waals surface area (Å²) < 4.78 is 18.8. The Balaban J connectivity index is 2.30. The molecule has 0 amide bonds. The third kappa shape index (κ3) is 2.79. The highest BCUT2D eigenvalue weighted by Gasteiger charge is 2.05. The quantitative estimate of drug-likeness (QED) is 0.885. The number of para-hydroxylation sites is 1. The van der Waals surface area contributed by atoms with Gasteiger partial charge in [-0.3, -0.25) is 0 Å². The number of halogens is 1. The molecule has 1 aromatic heterocycles. The maximum atomic E-state index is 13.4. The van der Waals surface area contributed by atoms with Crippen molar-refractivity contribution in [3.63, 3.8) is 0 Å². The second-order valence-corrected chi connectivity index (χ2v) is 3.69. The van der Waals surface area contributed by atoms with E-state index in [0.29, 0.717) is 12.4 Å². The summed E-state index contributed by atoms with van der Waals surface area (Å²) in [4.78, 5) is 4.17. The van der Waals surface area contributed by atoms with Crippen LogP contribution in [-0.2, 0) is 6.54 Å². The lowest BCUT2D eigenvalue weighted by Crippen LogP contribution is -1.99. The van der Waals surface area contributed by atoms with Crippen molar-refractivity contribution in [3.05, 3.63) is 53.5 Å². The van der Waals surface area contributed by atoms with E-state index < -0.39 is 5.82 Å². The highest BCUT2D eigenvalue weighted by Crippen LogP contribution is 2.23. The number of nitrogens with zero attached hydrogens (tertiary/aromatic N) is 1. The number of rotatable bonds is 3. The Morgan fingerprint density at radius 2 is 2.06 bits per heavy atom. The zero-order valence-corrected chi connectivity index (χ0v) is 9.48. The first-order valence-corrected chi connectivity index (χ1v) is 5.29. The van der Waals surface area contributed by atoms with Gasteiger partial charge in [-0.05, 0) is 30.7 Å². The number of ether oxygens (including phenoxy) is 1. The lowest BCUT2D eigenvalue weighted by molar-refractivity contribution is 0.426. The van der Waals surface area contributed by atoms with Crippen LogP contribution in [0.5, 0.6) is 11.6 Å². The number of nitrogens with two attached hydrogens (primary N) is 1. The molecule has 0 aliphatic rings. The fraction of sp³-hybridized carbons (Fsp3) is 0.154. The zero-order chi connectivity index (χ0) is 12.3. The normalized spacial score (nSPS) is 10.3. The molecule has 0 saturated carbocycles. The molecule has 4 heteroatoms. The van der Waals surface area contributed by atoms with Gasteiger partial charge in [-0.1, -0.05) is 12.1 Å². The predicted molar refractivity (Wildman–Crippen MR) is 63.3 cm³/mol. The molecule has 17 heavy (non-hydrogen) atoms. The second kappa shape index (κ2) is 4.93. The SMILES string of the molecule is Cc1cc(CN)cc(Oc2ccccc2F)n1. The summed E-state index contributed by atoms with van der Waals surface area (Å²) in [5, 5.41) is 0. The molecule has 0 aliphatic heterocycles. The Morgan fingerprint density at radius 3 is 2.76 bits per heavy atom. The smallest absolute Gasteiger partial charge is 0.219 e. The lowest BCUT2D eigenvalue weighted by Gasteiger charge is -2.07. The molecule has 0 saturated heterocycles. The molecule has 0 atom stereocenters. The minimum atomic E-state index is -0.412. The number of benzene rings is 1. The summed E-state index contributed by atoms with van der Waals surface area (Å²) in [7, 11) is 0. The van der Waals surface area contributed by atoms with Crippen molar-refractivity contribution in [1.82, 2.24) is 4.98 Å². The van der Waals surface area contributed by atoms with E-state index in [1.165, 1.54) is 6.07 Å². The molecule has 0 spiro atoms. The Hall–Kier alpha value is -1.94. The van der Waals surface area contributed by atoms with Crippen molar-refractivity contribution in [2.75, 3.05) is 0 Å². The topological polar surface area (TPSA) is 48.1 Å². The van der Waals surface area contributed by atoms with Crippen molar-refractivity contribution >= 4 is 0 Å². The fourth-order valence-corrected chi connectivity index (χ4v) is 1.52. The average Bonchev–Trinajstić information content (AvgIpc) is 2.31. The van der Waals surface area contributed by atoms with Crippen molar-refractivity contribution in [2.45, 2.75) is 13.5 Å². The van der Waals surface area contributed by atoms with Crippen molar-refractivity contribution in [1.29, 1.82) is 0 Å². The number of hydrogen-bond acceptors (Lipinski definition) is 3. The number of aryl methyl sites for hydroxylation is 1. The van der Waals surface area contributed by atoms with E-state index in [-0.39, 0.29) is 5.75 Å². The molecule has 0 bridgehead atoms. The van der Waals surface area contributed by atoms with Gasteiger partial charge in [-0.15, -0.1) is 0 Å². The van der Waals surface area contributed by atoms with Crippen LogP contribution in [0.3, 0.4) is 0 Å². The Morgan fingerprint density at radius 1 is 1.29 bits per heavy atom. The average molecular weight is 232 g/mol. The molecule has 2 N–H and O–H groups in total. The third-order valence-corrected chi connectivity index (χ3v) is 2.28. The fourth-order valence-electron chi connectivity index (χ4n) is 1.52. The number of aromatic nitrogens is 1.